The van der Waals surface area contributed by atoms with Gasteiger partial charge in [-0.05, 0) is 37.5 Å². The Morgan fingerprint density at radius 1 is 1.06 bits per heavy atom. The van der Waals surface area contributed by atoms with Crippen LogP contribution in [0.25, 0.3) is 0 Å². The van der Waals surface area contributed by atoms with Gasteiger partial charge < -0.3 is 0 Å². The maximum absolute atomic E-state index is 2.75. The molecule has 2 unspecified atom stereocenters. The van der Waals surface area contributed by atoms with Gasteiger partial charge in [0.25, 0.3) is 0 Å². The number of hydrogen-bond acceptors (Lipinski definition) is 2. The SMILES string of the molecule is CC1=C[C@@H](C)[C@H](C2N3CCCN2CC3)[C@@H](C)C1. The molecule has 0 N–H and O–H groups in total. The van der Waals surface area contributed by atoms with Gasteiger partial charge in [0.1, 0.15) is 0 Å². The Bertz CT molecular complexity index is 307. The van der Waals surface area contributed by atoms with Gasteiger partial charge in [0, 0.05) is 26.2 Å². The Balaban J connectivity index is 1.84. The molecule has 2 bridgehead atoms. The first-order valence-corrected chi connectivity index (χ1v) is 7.32. The van der Waals surface area contributed by atoms with Crippen molar-refractivity contribution in [2.45, 2.75) is 39.8 Å². The van der Waals surface area contributed by atoms with Gasteiger partial charge in [0.2, 0.25) is 0 Å². The van der Waals surface area contributed by atoms with Crippen LogP contribution in [-0.2, 0) is 0 Å². The first-order valence-electron chi connectivity index (χ1n) is 7.32. The van der Waals surface area contributed by atoms with Crippen molar-refractivity contribution < 1.29 is 0 Å². The molecule has 0 aromatic carbocycles. The van der Waals surface area contributed by atoms with Gasteiger partial charge in [-0.25, -0.2) is 0 Å². The van der Waals surface area contributed by atoms with Gasteiger partial charge in [-0.2, -0.15) is 0 Å². The van der Waals surface area contributed by atoms with Crippen LogP contribution in [0.2, 0.25) is 0 Å². The Hall–Kier alpha value is -0.340. The van der Waals surface area contributed by atoms with Crippen LogP contribution in [0.1, 0.15) is 33.6 Å². The maximum atomic E-state index is 2.75. The standard InChI is InChI=1S/C15H26N2/c1-11-9-12(2)14(13(3)10-11)15-16-5-4-6-17(15)8-7-16/h9,12-15H,4-8,10H2,1-3H3/t12-,13+,14+/m1/s1. The van der Waals surface area contributed by atoms with Crippen LogP contribution in [0.15, 0.2) is 11.6 Å². The molecule has 2 fully saturated rings. The maximum Gasteiger partial charge on any atom is 0.0660 e. The average Bonchev–Trinajstić information content (AvgIpc) is 2.50. The molecule has 1 aliphatic carbocycles. The largest absolute Gasteiger partial charge is 0.286 e. The summed E-state index contributed by atoms with van der Waals surface area (Å²) in [6.45, 7) is 12.5. The molecule has 96 valence electrons. The zero-order chi connectivity index (χ0) is 12.0. The van der Waals surface area contributed by atoms with E-state index in [1.807, 2.05) is 0 Å². The third kappa shape index (κ3) is 1.96. The fourth-order valence-corrected chi connectivity index (χ4v) is 4.56. The van der Waals surface area contributed by atoms with E-state index in [1.165, 1.54) is 39.0 Å². The molecule has 2 aliphatic heterocycles. The van der Waals surface area contributed by atoms with Crippen molar-refractivity contribution in [2.24, 2.45) is 17.8 Å². The third-order valence-electron chi connectivity index (χ3n) is 5.11. The minimum atomic E-state index is 0.748. The lowest BCUT2D eigenvalue weighted by Gasteiger charge is -2.46. The van der Waals surface area contributed by atoms with E-state index in [0.717, 1.165) is 23.9 Å². The lowest BCUT2D eigenvalue weighted by atomic mass is 9.72. The molecule has 0 saturated carbocycles. The number of rotatable bonds is 1. The molecule has 0 amide bonds. The van der Waals surface area contributed by atoms with E-state index < -0.39 is 0 Å². The summed E-state index contributed by atoms with van der Waals surface area (Å²) >= 11 is 0. The summed E-state index contributed by atoms with van der Waals surface area (Å²) in [5, 5.41) is 0. The van der Waals surface area contributed by atoms with Gasteiger partial charge in [-0.3, -0.25) is 9.80 Å². The highest BCUT2D eigenvalue weighted by Crippen LogP contribution is 2.40. The molecule has 3 aliphatic rings. The lowest BCUT2D eigenvalue weighted by Crippen LogP contribution is -2.53. The minimum Gasteiger partial charge on any atom is -0.286 e. The van der Waals surface area contributed by atoms with Crippen molar-refractivity contribution in [1.82, 2.24) is 9.80 Å². The van der Waals surface area contributed by atoms with Gasteiger partial charge in [0.05, 0.1) is 6.17 Å². The molecule has 2 heterocycles. The zero-order valence-electron chi connectivity index (χ0n) is 11.5. The number of fused-ring (bicyclic) bond motifs is 2. The van der Waals surface area contributed by atoms with E-state index in [4.69, 9.17) is 0 Å². The van der Waals surface area contributed by atoms with Gasteiger partial charge >= 0.3 is 0 Å². The average molecular weight is 234 g/mol. The molecular weight excluding hydrogens is 208 g/mol. The second-order valence-corrected chi connectivity index (χ2v) is 6.47. The van der Waals surface area contributed by atoms with E-state index in [0.29, 0.717) is 0 Å². The molecule has 0 radical (unpaired) electrons. The van der Waals surface area contributed by atoms with E-state index >= 15 is 0 Å². The van der Waals surface area contributed by atoms with Gasteiger partial charge in [-0.1, -0.05) is 25.5 Å². The van der Waals surface area contributed by atoms with Gasteiger partial charge in [0.15, 0.2) is 0 Å². The van der Waals surface area contributed by atoms with E-state index in [1.54, 1.807) is 5.57 Å². The monoisotopic (exact) mass is 234 g/mol. The van der Waals surface area contributed by atoms with Crippen molar-refractivity contribution in [3.05, 3.63) is 11.6 Å². The predicted octanol–water partition coefficient (Wildman–Crippen LogP) is 2.57. The molecule has 5 atom stereocenters. The Kier molecular flexibility index (Phi) is 3.04. The highest BCUT2D eigenvalue weighted by molar-refractivity contribution is 5.11. The molecule has 2 saturated heterocycles. The minimum absolute atomic E-state index is 0.748. The molecular formula is C15H26N2. The summed E-state index contributed by atoms with van der Waals surface area (Å²) in [6.07, 6.45) is 5.97. The van der Waals surface area contributed by atoms with Crippen molar-refractivity contribution in [3.8, 4) is 0 Å². The summed E-state index contributed by atoms with van der Waals surface area (Å²) in [4.78, 5) is 5.49. The summed E-state index contributed by atoms with van der Waals surface area (Å²) in [7, 11) is 0. The predicted molar refractivity (Wildman–Crippen MR) is 71.7 cm³/mol. The van der Waals surface area contributed by atoms with Crippen molar-refractivity contribution in [2.75, 3.05) is 26.2 Å². The number of nitrogens with zero attached hydrogens (tertiary/aromatic N) is 2. The van der Waals surface area contributed by atoms with E-state index in [2.05, 4.69) is 36.6 Å². The van der Waals surface area contributed by atoms with Gasteiger partial charge in [-0.15, -0.1) is 0 Å². The molecule has 2 heteroatoms. The molecule has 17 heavy (non-hydrogen) atoms. The molecule has 0 aromatic heterocycles. The summed E-state index contributed by atoms with van der Waals surface area (Å²) in [6, 6.07) is 0. The van der Waals surface area contributed by atoms with Crippen molar-refractivity contribution in [1.29, 1.82) is 0 Å². The van der Waals surface area contributed by atoms with Crippen LogP contribution in [0, 0.1) is 17.8 Å². The second-order valence-electron chi connectivity index (χ2n) is 6.47. The van der Waals surface area contributed by atoms with Crippen molar-refractivity contribution >= 4 is 0 Å². The highest BCUT2D eigenvalue weighted by Gasteiger charge is 2.44. The van der Waals surface area contributed by atoms with E-state index in [9.17, 15) is 0 Å². The van der Waals surface area contributed by atoms with Crippen LogP contribution in [0.4, 0.5) is 0 Å². The summed E-state index contributed by atoms with van der Waals surface area (Å²) < 4.78 is 0. The molecule has 0 aromatic rings. The molecule has 2 nitrogen and oxygen atoms in total. The fourth-order valence-electron chi connectivity index (χ4n) is 4.56. The fraction of sp³-hybridized carbons (Fsp3) is 0.867. The third-order valence-corrected chi connectivity index (χ3v) is 5.11. The summed E-state index contributed by atoms with van der Waals surface area (Å²) in [5.74, 6) is 2.45. The van der Waals surface area contributed by atoms with Crippen LogP contribution >= 0.6 is 0 Å². The first kappa shape index (κ1) is 11.7. The first-order chi connectivity index (χ1) is 8.16. The quantitative estimate of drug-likeness (QED) is 0.643. The molecule has 3 rings (SSSR count). The van der Waals surface area contributed by atoms with Crippen LogP contribution < -0.4 is 0 Å². The Morgan fingerprint density at radius 3 is 2.29 bits per heavy atom. The normalized spacial score (nSPS) is 50.2. The van der Waals surface area contributed by atoms with E-state index in [-0.39, 0.29) is 0 Å². The Labute approximate surface area is 106 Å². The van der Waals surface area contributed by atoms with Crippen LogP contribution in [0.5, 0.6) is 0 Å². The topological polar surface area (TPSA) is 6.48 Å². The number of hydrogen-bond donors (Lipinski definition) is 0. The molecule has 0 spiro atoms. The Morgan fingerprint density at radius 2 is 1.71 bits per heavy atom. The second kappa shape index (κ2) is 4.40. The smallest absolute Gasteiger partial charge is 0.0660 e. The lowest BCUT2D eigenvalue weighted by molar-refractivity contribution is 0.00332. The van der Waals surface area contributed by atoms with Crippen LogP contribution in [0.3, 0.4) is 0 Å². The zero-order valence-corrected chi connectivity index (χ0v) is 11.5. The number of allylic oxidation sites excluding steroid dienone is 2. The highest BCUT2D eigenvalue weighted by atomic mass is 15.4. The van der Waals surface area contributed by atoms with Crippen molar-refractivity contribution in [3.63, 3.8) is 0 Å². The summed E-state index contributed by atoms with van der Waals surface area (Å²) in [5.41, 5.74) is 1.61. The van der Waals surface area contributed by atoms with Crippen LogP contribution in [-0.4, -0.2) is 42.1 Å².